The molecule has 7 nitrogen and oxygen atoms in total. The van der Waals surface area contributed by atoms with Crippen LogP contribution >= 0.6 is 15.9 Å². The molecule has 0 spiro atoms. The van der Waals surface area contributed by atoms with Gasteiger partial charge in [0.25, 0.3) is 5.91 Å². The van der Waals surface area contributed by atoms with Crippen molar-refractivity contribution >= 4 is 27.5 Å². The van der Waals surface area contributed by atoms with Gasteiger partial charge in [-0.1, -0.05) is 21.1 Å². The van der Waals surface area contributed by atoms with E-state index in [0.29, 0.717) is 5.69 Å². The normalized spacial score (nSPS) is 13.0. The maximum atomic E-state index is 15.4. The zero-order valence-electron chi connectivity index (χ0n) is 17.1. The smallest absolute Gasteiger partial charge is 0.277 e. The maximum Gasteiger partial charge on any atom is 0.277 e. The molecule has 0 aliphatic carbocycles. The predicted molar refractivity (Wildman–Crippen MR) is 116 cm³/mol. The zero-order chi connectivity index (χ0) is 22.9. The summed E-state index contributed by atoms with van der Waals surface area (Å²) in [5, 5.41) is 10.2. The van der Waals surface area contributed by atoms with E-state index in [1.807, 2.05) is 6.92 Å². The van der Waals surface area contributed by atoms with E-state index >= 15 is 4.39 Å². The summed E-state index contributed by atoms with van der Waals surface area (Å²) in [6.07, 6.45) is 6.22. The number of anilines is 1. The third kappa shape index (κ3) is 4.18. The first-order valence-corrected chi connectivity index (χ1v) is 10.4. The van der Waals surface area contributed by atoms with E-state index in [1.54, 1.807) is 42.5 Å². The highest BCUT2D eigenvalue weighted by Gasteiger charge is 2.35. The lowest BCUT2D eigenvalue weighted by Crippen LogP contribution is -2.29. The van der Waals surface area contributed by atoms with Gasteiger partial charge in [0, 0.05) is 46.5 Å². The third-order valence-corrected chi connectivity index (χ3v) is 5.76. The first-order valence-electron chi connectivity index (χ1n) is 9.57. The van der Waals surface area contributed by atoms with Crippen LogP contribution in [-0.2, 0) is 18.9 Å². The van der Waals surface area contributed by atoms with Gasteiger partial charge in [0.15, 0.2) is 11.5 Å². The fourth-order valence-electron chi connectivity index (χ4n) is 3.48. The van der Waals surface area contributed by atoms with Crippen LogP contribution in [-0.4, -0.2) is 25.8 Å². The first-order chi connectivity index (χ1) is 15.3. The number of hydrogen-bond acceptors (Lipinski definition) is 5. The number of nitrogens with zero attached hydrogens (tertiary/aromatic N) is 4. The van der Waals surface area contributed by atoms with E-state index in [2.05, 4.69) is 41.0 Å². The van der Waals surface area contributed by atoms with Crippen LogP contribution in [0.15, 0.2) is 64.2 Å². The third-order valence-electron chi connectivity index (χ3n) is 5.26. The van der Waals surface area contributed by atoms with Crippen molar-refractivity contribution in [3.8, 4) is 0 Å². The molecular weight excluding hydrogens is 484 g/mol. The standard InChI is InChI=1S/C22H18BrF2N5O2/c1-22(13-11-27-30(2)12-13,19-9-14(23)5-7-26-19)10-15-16(24)3-4-17(20(15)25)28-21(31)18-6-8-32-29-18/h3-9,11-12H,10H2,1-2H3,(H,28,31). The Balaban J connectivity index is 1.76. The van der Waals surface area contributed by atoms with E-state index in [-0.39, 0.29) is 23.4 Å². The number of aromatic nitrogens is 4. The van der Waals surface area contributed by atoms with Gasteiger partial charge >= 0.3 is 0 Å². The van der Waals surface area contributed by atoms with Crippen LogP contribution in [0, 0.1) is 11.6 Å². The molecule has 4 aromatic rings. The second kappa shape index (κ2) is 8.62. The van der Waals surface area contributed by atoms with Gasteiger partial charge in [-0.05, 0) is 37.6 Å². The highest BCUT2D eigenvalue weighted by molar-refractivity contribution is 9.10. The van der Waals surface area contributed by atoms with Crippen LogP contribution in [0.25, 0.3) is 0 Å². The van der Waals surface area contributed by atoms with Gasteiger partial charge in [0.1, 0.15) is 12.1 Å². The molecule has 0 bridgehead atoms. The molecule has 0 saturated heterocycles. The summed E-state index contributed by atoms with van der Waals surface area (Å²) in [7, 11) is 1.76. The summed E-state index contributed by atoms with van der Waals surface area (Å²) in [5.41, 5.74) is 0.0706. The molecule has 0 radical (unpaired) electrons. The Bertz CT molecular complexity index is 1280. The monoisotopic (exact) mass is 501 g/mol. The van der Waals surface area contributed by atoms with Gasteiger partial charge < -0.3 is 9.84 Å². The van der Waals surface area contributed by atoms with Gasteiger partial charge in [-0.2, -0.15) is 5.10 Å². The number of pyridine rings is 1. The lowest BCUT2D eigenvalue weighted by Gasteiger charge is -2.29. The van der Waals surface area contributed by atoms with Gasteiger partial charge in [-0.3, -0.25) is 14.5 Å². The maximum absolute atomic E-state index is 15.4. The van der Waals surface area contributed by atoms with Crippen LogP contribution in [0.5, 0.6) is 0 Å². The number of nitrogens with one attached hydrogen (secondary N) is 1. The van der Waals surface area contributed by atoms with Gasteiger partial charge in [-0.15, -0.1) is 0 Å². The van der Waals surface area contributed by atoms with Gasteiger partial charge in [0.2, 0.25) is 0 Å². The van der Waals surface area contributed by atoms with Crippen molar-refractivity contribution in [3.05, 3.63) is 93.8 Å². The van der Waals surface area contributed by atoms with Crippen LogP contribution < -0.4 is 5.32 Å². The molecule has 1 amide bonds. The summed E-state index contributed by atoms with van der Waals surface area (Å²) >= 11 is 3.43. The predicted octanol–water partition coefficient (Wildman–Crippen LogP) is 4.64. The average Bonchev–Trinajstić information content (AvgIpc) is 3.45. The van der Waals surface area contributed by atoms with Crippen molar-refractivity contribution in [2.75, 3.05) is 5.32 Å². The summed E-state index contributed by atoms with van der Waals surface area (Å²) in [6, 6.07) is 7.21. The van der Waals surface area contributed by atoms with Crippen molar-refractivity contribution < 1.29 is 18.1 Å². The summed E-state index contributed by atoms with van der Waals surface area (Å²) in [6.45, 7) is 1.85. The minimum atomic E-state index is -0.908. The largest absolute Gasteiger partial charge is 0.364 e. The Kier molecular flexibility index (Phi) is 5.88. The molecule has 0 saturated carbocycles. The van der Waals surface area contributed by atoms with Gasteiger partial charge in [-0.25, -0.2) is 8.78 Å². The van der Waals surface area contributed by atoms with E-state index < -0.39 is 23.0 Å². The van der Waals surface area contributed by atoms with Gasteiger partial charge in [0.05, 0.1) is 17.6 Å². The van der Waals surface area contributed by atoms with Crippen molar-refractivity contribution in [2.24, 2.45) is 7.05 Å². The van der Waals surface area contributed by atoms with Crippen LogP contribution in [0.2, 0.25) is 0 Å². The quantitative estimate of drug-likeness (QED) is 0.415. The number of benzene rings is 1. The second-order valence-electron chi connectivity index (χ2n) is 7.50. The Morgan fingerprint density at radius 2 is 2.09 bits per heavy atom. The number of halogens is 3. The summed E-state index contributed by atoms with van der Waals surface area (Å²) < 4.78 is 37.3. The van der Waals surface area contributed by atoms with E-state index in [4.69, 9.17) is 0 Å². The first kappa shape index (κ1) is 21.8. The summed E-state index contributed by atoms with van der Waals surface area (Å²) in [5.74, 6) is -2.27. The van der Waals surface area contributed by atoms with Crippen molar-refractivity contribution in [2.45, 2.75) is 18.8 Å². The van der Waals surface area contributed by atoms with Crippen LogP contribution in [0.4, 0.5) is 14.5 Å². The molecule has 0 fully saturated rings. The number of rotatable bonds is 6. The molecule has 164 valence electrons. The second-order valence-corrected chi connectivity index (χ2v) is 8.41. The number of carbonyl (C=O) groups excluding carboxylic acids is 1. The molecule has 3 heterocycles. The number of aryl methyl sites for hydroxylation is 1. The molecule has 3 aromatic heterocycles. The minimum absolute atomic E-state index is 0.0196. The number of amides is 1. The van der Waals surface area contributed by atoms with Crippen molar-refractivity contribution in [3.63, 3.8) is 0 Å². The zero-order valence-corrected chi connectivity index (χ0v) is 18.7. The molecule has 1 unspecified atom stereocenters. The molecule has 1 atom stereocenters. The Morgan fingerprint density at radius 3 is 2.75 bits per heavy atom. The highest BCUT2D eigenvalue weighted by atomic mass is 79.9. The minimum Gasteiger partial charge on any atom is -0.364 e. The van der Waals surface area contributed by atoms with Crippen molar-refractivity contribution in [1.82, 2.24) is 19.9 Å². The Morgan fingerprint density at radius 1 is 1.28 bits per heavy atom. The molecule has 32 heavy (non-hydrogen) atoms. The SMILES string of the molecule is Cn1cc(C(C)(Cc2c(F)ccc(NC(=O)c3ccon3)c2F)c2cc(Br)ccn2)cn1. The Hall–Kier alpha value is -3.40. The molecule has 4 rings (SSSR count). The van der Waals surface area contributed by atoms with Crippen LogP contribution in [0.1, 0.15) is 34.2 Å². The molecule has 0 aliphatic rings. The fourth-order valence-corrected chi connectivity index (χ4v) is 3.81. The Labute approximate surface area is 190 Å². The molecular formula is C22H18BrF2N5O2. The van der Waals surface area contributed by atoms with Crippen molar-refractivity contribution in [1.29, 1.82) is 0 Å². The van der Waals surface area contributed by atoms with E-state index in [0.717, 1.165) is 16.1 Å². The average molecular weight is 502 g/mol. The lowest BCUT2D eigenvalue weighted by atomic mass is 9.75. The van der Waals surface area contributed by atoms with E-state index in [9.17, 15) is 9.18 Å². The van der Waals surface area contributed by atoms with E-state index in [1.165, 1.54) is 18.4 Å². The molecule has 0 aliphatic heterocycles. The molecule has 10 heteroatoms. The highest BCUT2D eigenvalue weighted by Crippen LogP contribution is 2.37. The van der Waals surface area contributed by atoms with Crippen LogP contribution in [0.3, 0.4) is 0 Å². The molecule has 1 N–H and O–H groups in total. The lowest BCUT2D eigenvalue weighted by molar-refractivity contribution is 0.101. The fraction of sp³-hybridized carbons (Fsp3) is 0.182. The number of carbonyl (C=O) groups is 1. The number of hydrogen-bond donors (Lipinski definition) is 1. The topological polar surface area (TPSA) is 85.8 Å². The summed E-state index contributed by atoms with van der Waals surface area (Å²) in [4.78, 5) is 16.7. The molecule has 1 aromatic carbocycles.